The summed E-state index contributed by atoms with van der Waals surface area (Å²) >= 11 is 3.30. The zero-order chi connectivity index (χ0) is 19.2. The molecule has 1 unspecified atom stereocenters. The molecule has 3 aromatic carbocycles. The topological polar surface area (TPSA) is 78.4 Å². The lowest BCUT2D eigenvalue weighted by Gasteiger charge is -2.13. The van der Waals surface area contributed by atoms with Gasteiger partial charge in [-0.25, -0.2) is 0 Å². The van der Waals surface area contributed by atoms with E-state index in [2.05, 4.69) is 26.6 Å². The Labute approximate surface area is 165 Å². The highest BCUT2D eigenvalue weighted by atomic mass is 79.9. The van der Waals surface area contributed by atoms with Crippen LogP contribution < -0.4 is 10.6 Å². The second-order valence-electron chi connectivity index (χ2n) is 6.12. The molecule has 5 nitrogen and oxygen atoms in total. The number of fused-ring (bicyclic) bond motifs is 1. The summed E-state index contributed by atoms with van der Waals surface area (Å²) in [4.78, 5) is 24.0. The minimum atomic E-state index is -0.820. The van der Waals surface area contributed by atoms with E-state index in [9.17, 15) is 14.7 Å². The minimum Gasteiger partial charge on any atom is -0.387 e. The first-order valence-electron chi connectivity index (χ1n) is 8.50. The van der Waals surface area contributed by atoms with Crippen LogP contribution in [0, 0.1) is 0 Å². The molecule has 0 saturated carbocycles. The molecule has 0 aromatic heterocycles. The Hall–Kier alpha value is -2.70. The van der Waals surface area contributed by atoms with E-state index in [-0.39, 0.29) is 24.9 Å². The molecule has 3 rings (SSSR count). The van der Waals surface area contributed by atoms with E-state index in [1.165, 1.54) is 0 Å². The van der Waals surface area contributed by atoms with Crippen LogP contribution in [0.1, 0.15) is 22.0 Å². The van der Waals surface area contributed by atoms with Crippen LogP contribution in [0.25, 0.3) is 10.8 Å². The molecule has 3 aromatic rings. The lowest BCUT2D eigenvalue weighted by molar-refractivity contribution is -0.120. The van der Waals surface area contributed by atoms with E-state index in [0.717, 1.165) is 20.8 Å². The van der Waals surface area contributed by atoms with Gasteiger partial charge in [-0.2, -0.15) is 0 Å². The van der Waals surface area contributed by atoms with Gasteiger partial charge in [0.25, 0.3) is 5.91 Å². The van der Waals surface area contributed by atoms with Crippen molar-refractivity contribution in [1.82, 2.24) is 10.6 Å². The SMILES string of the molecule is O=C(CNC(=O)c1cccc(Br)c1)NCC(O)c1ccc2ccccc2c1. The predicted molar refractivity (Wildman–Crippen MR) is 108 cm³/mol. The lowest BCUT2D eigenvalue weighted by atomic mass is 10.0. The lowest BCUT2D eigenvalue weighted by Crippen LogP contribution is -2.38. The maximum atomic E-state index is 12.0. The van der Waals surface area contributed by atoms with Gasteiger partial charge in [0.15, 0.2) is 0 Å². The predicted octanol–water partition coefficient (Wildman–Crippen LogP) is 3.18. The normalized spacial score (nSPS) is 11.8. The van der Waals surface area contributed by atoms with Gasteiger partial charge in [0.05, 0.1) is 12.6 Å². The van der Waals surface area contributed by atoms with Gasteiger partial charge in [-0.1, -0.05) is 58.4 Å². The molecule has 0 radical (unpaired) electrons. The zero-order valence-corrected chi connectivity index (χ0v) is 16.1. The van der Waals surface area contributed by atoms with Crippen LogP contribution in [0.3, 0.4) is 0 Å². The number of amides is 2. The number of aliphatic hydroxyl groups is 1. The van der Waals surface area contributed by atoms with E-state index in [1.807, 2.05) is 48.5 Å². The number of aliphatic hydroxyl groups excluding tert-OH is 1. The summed E-state index contributed by atoms with van der Waals surface area (Å²) in [6, 6.07) is 20.5. The Balaban J connectivity index is 1.50. The second kappa shape index (κ2) is 8.79. The van der Waals surface area contributed by atoms with E-state index in [1.54, 1.807) is 18.2 Å². The van der Waals surface area contributed by atoms with Crippen molar-refractivity contribution >= 4 is 38.5 Å². The number of hydrogen-bond acceptors (Lipinski definition) is 3. The van der Waals surface area contributed by atoms with Gasteiger partial charge in [-0.3, -0.25) is 9.59 Å². The van der Waals surface area contributed by atoms with E-state index < -0.39 is 6.10 Å². The molecule has 0 bridgehead atoms. The largest absolute Gasteiger partial charge is 0.387 e. The molecule has 0 aliphatic carbocycles. The maximum Gasteiger partial charge on any atom is 0.251 e. The van der Waals surface area contributed by atoms with Crippen LogP contribution in [-0.4, -0.2) is 30.0 Å². The van der Waals surface area contributed by atoms with Crippen molar-refractivity contribution in [2.45, 2.75) is 6.10 Å². The maximum absolute atomic E-state index is 12.0. The number of halogens is 1. The number of nitrogens with one attached hydrogen (secondary N) is 2. The van der Waals surface area contributed by atoms with Crippen molar-refractivity contribution in [3.05, 3.63) is 82.3 Å². The van der Waals surface area contributed by atoms with Crippen molar-refractivity contribution in [2.24, 2.45) is 0 Å². The summed E-state index contributed by atoms with van der Waals surface area (Å²) in [5.41, 5.74) is 1.19. The van der Waals surface area contributed by atoms with Gasteiger partial charge in [-0.05, 0) is 40.6 Å². The number of carbonyl (C=O) groups excluding carboxylic acids is 2. The van der Waals surface area contributed by atoms with Crippen LogP contribution in [0.15, 0.2) is 71.2 Å². The van der Waals surface area contributed by atoms with Crippen molar-refractivity contribution < 1.29 is 14.7 Å². The summed E-state index contributed by atoms with van der Waals surface area (Å²) in [5, 5.41) is 17.6. The molecule has 0 heterocycles. The summed E-state index contributed by atoms with van der Waals surface area (Å²) < 4.78 is 0.790. The fourth-order valence-electron chi connectivity index (χ4n) is 2.70. The Bertz CT molecular complexity index is 974. The first-order chi connectivity index (χ1) is 13.0. The van der Waals surface area contributed by atoms with Crippen LogP contribution in [0.5, 0.6) is 0 Å². The molecule has 138 valence electrons. The van der Waals surface area contributed by atoms with Gasteiger partial charge in [0.1, 0.15) is 0 Å². The van der Waals surface area contributed by atoms with E-state index in [0.29, 0.717) is 5.56 Å². The Morgan fingerprint density at radius 1 is 0.926 bits per heavy atom. The summed E-state index contributed by atoms with van der Waals surface area (Å²) in [5.74, 6) is -0.695. The highest BCUT2D eigenvalue weighted by Crippen LogP contribution is 2.20. The van der Waals surface area contributed by atoms with Crippen LogP contribution >= 0.6 is 15.9 Å². The third kappa shape index (κ3) is 5.15. The van der Waals surface area contributed by atoms with Crippen molar-refractivity contribution in [3.8, 4) is 0 Å². The molecular weight excluding hydrogens is 408 g/mol. The van der Waals surface area contributed by atoms with Gasteiger partial charge >= 0.3 is 0 Å². The molecule has 27 heavy (non-hydrogen) atoms. The molecule has 3 N–H and O–H groups in total. The summed E-state index contributed by atoms with van der Waals surface area (Å²) in [6.45, 7) is -0.0836. The number of benzene rings is 3. The average molecular weight is 427 g/mol. The standard InChI is InChI=1S/C21H19BrN2O3/c22-18-7-3-6-17(11-18)21(27)24-13-20(26)23-12-19(25)16-9-8-14-4-1-2-5-15(14)10-16/h1-11,19,25H,12-13H2,(H,23,26)(H,24,27). The smallest absolute Gasteiger partial charge is 0.251 e. The molecular formula is C21H19BrN2O3. The molecule has 1 atom stereocenters. The first kappa shape index (κ1) is 19.1. The minimum absolute atomic E-state index is 0.0733. The number of hydrogen-bond donors (Lipinski definition) is 3. The fraction of sp³-hybridized carbons (Fsp3) is 0.143. The Morgan fingerprint density at radius 3 is 2.48 bits per heavy atom. The quantitative estimate of drug-likeness (QED) is 0.566. The molecule has 0 saturated heterocycles. The summed E-state index contributed by atoms with van der Waals surface area (Å²) in [7, 11) is 0. The molecule has 6 heteroatoms. The molecule has 0 spiro atoms. The molecule has 0 fully saturated rings. The third-order valence-electron chi connectivity index (χ3n) is 4.15. The zero-order valence-electron chi connectivity index (χ0n) is 14.5. The third-order valence-corrected chi connectivity index (χ3v) is 4.64. The number of carbonyl (C=O) groups is 2. The average Bonchev–Trinajstić information content (AvgIpc) is 2.69. The van der Waals surface area contributed by atoms with Crippen LogP contribution in [0.2, 0.25) is 0 Å². The van der Waals surface area contributed by atoms with Gasteiger partial charge in [-0.15, -0.1) is 0 Å². The second-order valence-corrected chi connectivity index (χ2v) is 7.04. The monoisotopic (exact) mass is 426 g/mol. The van der Waals surface area contributed by atoms with Crippen LogP contribution in [0.4, 0.5) is 0 Å². The molecule has 0 aliphatic rings. The fourth-order valence-corrected chi connectivity index (χ4v) is 3.10. The highest BCUT2D eigenvalue weighted by molar-refractivity contribution is 9.10. The molecule has 2 amide bonds. The van der Waals surface area contributed by atoms with Gasteiger partial charge in [0, 0.05) is 16.6 Å². The van der Waals surface area contributed by atoms with Gasteiger partial charge < -0.3 is 15.7 Å². The Kier molecular flexibility index (Phi) is 6.21. The number of rotatable bonds is 6. The van der Waals surface area contributed by atoms with Crippen molar-refractivity contribution in [3.63, 3.8) is 0 Å². The van der Waals surface area contributed by atoms with Gasteiger partial charge in [0.2, 0.25) is 5.91 Å². The summed E-state index contributed by atoms with van der Waals surface area (Å²) in [6.07, 6.45) is -0.820. The van der Waals surface area contributed by atoms with Crippen molar-refractivity contribution in [1.29, 1.82) is 0 Å². The first-order valence-corrected chi connectivity index (χ1v) is 9.29. The Morgan fingerprint density at radius 2 is 1.70 bits per heavy atom. The highest BCUT2D eigenvalue weighted by Gasteiger charge is 2.12. The van der Waals surface area contributed by atoms with Crippen molar-refractivity contribution in [2.75, 3.05) is 13.1 Å². The van der Waals surface area contributed by atoms with E-state index in [4.69, 9.17) is 0 Å². The molecule has 0 aliphatic heterocycles. The van der Waals surface area contributed by atoms with Crippen LogP contribution in [-0.2, 0) is 4.79 Å². The van der Waals surface area contributed by atoms with E-state index >= 15 is 0 Å².